The summed E-state index contributed by atoms with van der Waals surface area (Å²) in [5, 5.41) is 0. The molecule has 1 saturated heterocycles. The van der Waals surface area contributed by atoms with Gasteiger partial charge in [0.25, 0.3) is 0 Å². The maximum absolute atomic E-state index is 14.2. The highest BCUT2D eigenvalue weighted by molar-refractivity contribution is 5.27. The van der Waals surface area contributed by atoms with Gasteiger partial charge < -0.3 is 5.73 Å². The van der Waals surface area contributed by atoms with Crippen LogP contribution in [0.5, 0.6) is 0 Å². The average molecular weight is 293 g/mol. The standard InChI is InChI=1S/C17H28FN3/c1-4-20(5-2)14-8-9-21(12-14)17(11-19)15-10-13(3)6-7-16(15)18/h6-7,10,14,17H,4-5,8-9,11-12,19H2,1-3H3. The first kappa shape index (κ1) is 16.4. The molecule has 0 saturated carbocycles. The second-order valence-electron chi connectivity index (χ2n) is 5.94. The number of likely N-dealkylation sites (N-methyl/N-ethyl adjacent to an activating group) is 1. The Morgan fingerprint density at radius 3 is 2.71 bits per heavy atom. The van der Waals surface area contributed by atoms with Gasteiger partial charge in [-0.1, -0.05) is 31.5 Å². The van der Waals surface area contributed by atoms with E-state index in [2.05, 4.69) is 23.6 Å². The minimum absolute atomic E-state index is 0.00883. The zero-order valence-corrected chi connectivity index (χ0v) is 13.5. The molecular formula is C17H28FN3. The molecule has 1 aliphatic rings. The van der Waals surface area contributed by atoms with Crippen molar-refractivity contribution in [2.24, 2.45) is 5.73 Å². The van der Waals surface area contributed by atoms with E-state index in [1.165, 1.54) is 0 Å². The van der Waals surface area contributed by atoms with Crippen LogP contribution in [0.4, 0.5) is 4.39 Å². The Bertz CT molecular complexity index is 459. The minimum atomic E-state index is -0.137. The molecule has 2 atom stereocenters. The van der Waals surface area contributed by atoms with Crippen molar-refractivity contribution in [1.29, 1.82) is 0 Å². The molecule has 1 aromatic carbocycles. The van der Waals surface area contributed by atoms with Gasteiger partial charge >= 0.3 is 0 Å². The zero-order chi connectivity index (χ0) is 15.4. The van der Waals surface area contributed by atoms with Crippen LogP contribution in [0.25, 0.3) is 0 Å². The van der Waals surface area contributed by atoms with Crippen LogP contribution in [0.15, 0.2) is 18.2 Å². The lowest BCUT2D eigenvalue weighted by molar-refractivity contribution is 0.188. The monoisotopic (exact) mass is 293 g/mol. The Balaban J connectivity index is 2.14. The number of nitrogens with two attached hydrogens (primary N) is 1. The highest BCUT2D eigenvalue weighted by atomic mass is 19.1. The lowest BCUT2D eigenvalue weighted by Crippen LogP contribution is -2.39. The zero-order valence-electron chi connectivity index (χ0n) is 13.5. The fraction of sp³-hybridized carbons (Fsp3) is 0.647. The Kier molecular flexibility index (Phi) is 5.73. The molecule has 0 spiro atoms. The first-order valence-electron chi connectivity index (χ1n) is 8.04. The third-order valence-electron chi connectivity index (χ3n) is 4.70. The largest absolute Gasteiger partial charge is 0.329 e. The van der Waals surface area contributed by atoms with Crippen LogP contribution in [0.3, 0.4) is 0 Å². The van der Waals surface area contributed by atoms with Gasteiger partial charge in [-0.2, -0.15) is 0 Å². The third kappa shape index (κ3) is 3.62. The molecule has 4 heteroatoms. The number of aryl methyl sites for hydroxylation is 1. The van der Waals surface area contributed by atoms with Crippen molar-refractivity contribution < 1.29 is 4.39 Å². The van der Waals surface area contributed by atoms with Crippen molar-refractivity contribution in [1.82, 2.24) is 9.80 Å². The normalized spacial score (nSPS) is 21.1. The van der Waals surface area contributed by atoms with E-state index in [1.807, 2.05) is 19.1 Å². The number of nitrogens with zero attached hydrogens (tertiary/aromatic N) is 2. The van der Waals surface area contributed by atoms with Gasteiger partial charge in [0.15, 0.2) is 0 Å². The summed E-state index contributed by atoms with van der Waals surface area (Å²) in [6, 6.07) is 5.88. The van der Waals surface area contributed by atoms with Crippen molar-refractivity contribution in [3.8, 4) is 0 Å². The summed E-state index contributed by atoms with van der Waals surface area (Å²) in [5.41, 5.74) is 7.80. The van der Waals surface area contributed by atoms with Crippen LogP contribution in [0, 0.1) is 12.7 Å². The van der Waals surface area contributed by atoms with Crippen molar-refractivity contribution in [2.45, 2.75) is 39.3 Å². The first-order chi connectivity index (χ1) is 10.1. The lowest BCUT2D eigenvalue weighted by Gasteiger charge is -2.30. The first-order valence-corrected chi connectivity index (χ1v) is 8.04. The average Bonchev–Trinajstić information content (AvgIpc) is 2.94. The van der Waals surface area contributed by atoms with Gasteiger partial charge in [0.2, 0.25) is 0 Å². The van der Waals surface area contributed by atoms with E-state index in [-0.39, 0.29) is 11.9 Å². The molecule has 0 amide bonds. The van der Waals surface area contributed by atoms with Gasteiger partial charge in [0, 0.05) is 37.3 Å². The number of hydrogen-bond donors (Lipinski definition) is 1. The predicted octanol–water partition coefficient (Wildman–Crippen LogP) is 2.55. The van der Waals surface area contributed by atoms with Gasteiger partial charge in [-0.15, -0.1) is 0 Å². The number of rotatable bonds is 6. The molecule has 2 rings (SSSR count). The molecule has 1 aromatic rings. The van der Waals surface area contributed by atoms with Crippen LogP contribution in [0.2, 0.25) is 0 Å². The summed E-state index contributed by atoms with van der Waals surface area (Å²) in [5.74, 6) is -0.137. The SMILES string of the molecule is CCN(CC)C1CCN(C(CN)c2cc(C)ccc2F)C1. The van der Waals surface area contributed by atoms with Gasteiger partial charge in [-0.3, -0.25) is 9.80 Å². The molecule has 0 aromatic heterocycles. The van der Waals surface area contributed by atoms with Crippen LogP contribution in [-0.2, 0) is 0 Å². The van der Waals surface area contributed by atoms with E-state index in [1.54, 1.807) is 6.07 Å². The second-order valence-corrected chi connectivity index (χ2v) is 5.94. The summed E-state index contributed by atoms with van der Waals surface area (Å²) < 4.78 is 14.2. The van der Waals surface area contributed by atoms with Crippen LogP contribution in [0.1, 0.15) is 37.4 Å². The molecule has 1 aliphatic heterocycles. The summed E-state index contributed by atoms with van der Waals surface area (Å²) in [6.07, 6.45) is 1.14. The minimum Gasteiger partial charge on any atom is -0.329 e. The van der Waals surface area contributed by atoms with Crippen LogP contribution < -0.4 is 5.73 Å². The molecule has 0 bridgehead atoms. The second kappa shape index (κ2) is 7.34. The molecule has 0 aliphatic carbocycles. The summed E-state index contributed by atoms with van der Waals surface area (Å²) in [7, 11) is 0. The van der Waals surface area contributed by atoms with E-state index >= 15 is 0 Å². The van der Waals surface area contributed by atoms with Gasteiger partial charge in [0.05, 0.1) is 0 Å². The Morgan fingerprint density at radius 1 is 1.38 bits per heavy atom. The highest BCUT2D eigenvalue weighted by Crippen LogP contribution is 2.28. The maximum atomic E-state index is 14.2. The molecule has 2 unspecified atom stereocenters. The Hall–Kier alpha value is -0.970. The molecular weight excluding hydrogens is 265 g/mol. The molecule has 3 nitrogen and oxygen atoms in total. The lowest BCUT2D eigenvalue weighted by atomic mass is 10.0. The molecule has 118 valence electrons. The smallest absolute Gasteiger partial charge is 0.128 e. The maximum Gasteiger partial charge on any atom is 0.128 e. The predicted molar refractivity (Wildman–Crippen MR) is 85.8 cm³/mol. The van der Waals surface area contributed by atoms with E-state index in [0.717, 1.165) is 43.7 Å². The quantitative estimate of drug-likeness (QED) is 0.875. The fourth-order valence-corrected chi connectivity index (χ4v) is 3.48. The van der Waals surface area contributed by atoms with Gasteiger partial charge in [0.1, 0.15) is 5.82 Å². The molecule has 0 radical (unpaired) electrons. The summed E-state index contributed by atoms with van der Waals surface area (Å²) in [4.78, 5) is 4.83. The van der Waals surface area contributed by atoms with Crippen molar-refractivity contribution in [3.63, 3.8) is 0 Å². The topological polar surface area (TPSA) is 32.5 Å². The van der Waals surface area contributed by atoms with Gasteiger partial charge in [-0.05, 0) is 32.5 Å². The number of hydrogen-bond acceptors (Lipinski definition) is 3. The van der Waals surface area contributed by atoms with Gasteiger partial charge in [-0.25, -0.2) is 4.39 Å². The van der Waals surface area contributed by atoms with Crippen LogP contribution >= 0.6 is 0 Å². The number of halogens is 1. The van der Waals surface area contributed by atoms with E-state index in [9.17, 15) is 4.39 Å². The summed E-state index contributed by atoms with van der Waals surface area (Å²) >= 11 is 0. The van der Waals surface area contributed by atoms with E-state index < -0.39 is 0 Å². The highest BCUT2D eigenvalue weighted by Gasteiger charge is 2.31. The Morgan fingerprint density at radius 2 is 2.10 bits per heavy atom. The van der Waals surface area contributed by atoms with E-state index in [0.29, 0.717) is 12.6 Å². The molecule has 2 N–H and O–H groups in total. The molecule has 1 fully saturated rings. The van der Waals surface area contributed by atoms with Crippen LogP contribution in [-0.4, -0.2) is 48.6 Å². The molecule has 21 heavy (non-hydrogen) atoms. The summed E-state index contributed by atoms with van der Waals surface area (Å²) in [6.45, 7) is 11.0. The van der Waals surface area contributed by atoms with E-state index in [4.69, 9.17) is 5.73 Å². The Labute approximate surface area is 127 Å². The number of likely N-dealkylation sites (tertiary alicyclic amines) is 1. The third-order valence-corrected chi connectivity index (χ3v) is 4.70. The van der Waals surface area contributed by atoms with Crippen molar-refractivity contribution in [3.05, 3.63) is 35.1 Å². The number of benzene rings is 1. The van der Waals surface area contributed by atoms with Crippen molar-refractivity contribution >= 4 is 0 Å². The molecule has 1 heterocycles. The van der Waals surface area contributed by atoms with Crippen molar-refractivity contribution in [2.75, 3.05) is 32.7 Å². The fourth-order valence-electron chi connectivity index (χ4n) is 3.48.